The van der Waals surface area contributed by atoms with Crippen LogP contribution in [0.3, 0.4) is 0 Å². The summed E-state index contributed by atoms with van der Waals surface area (Å²) in [6.45, 7) is 2.71. The van der Waals surface area contributed by atoms with E-state index in [4.69, 9.17) is 0 Å². The predicted molar refractivity (Wildman–Crippen MR) is 69.3 cm³/mol. The first kappa shape index (κ1) is 11.6. The molecule has 0 N–H and O–H groups in total. The lowest BCUT2D eigenvalue weighted by Crippen LogP contribution is -2.36. The van der Waals surface area contributed by atoms with E-state index in [9.17, 15) is 4.79 Å². The standard InChI is InChI=1S/C14H19N3O/c1-11-5-9-15-13(16-11)17-10-8-14(12(17)18)6-3-2-4-7-14/h5,9H,2-4,6-8,10H2,1H3. The van der Waals surface area contributed by atoms with Gasteiger partial charge in [-0.25, -0.2) is 9.97 Å². The number of nitrogens with zero attached hydrogens (tertiary/aromatic N) is 3. The predicted octanol–water partition coefficient (Wildman–Crippen LogP) is 2.47. The van der Waals surface area contributed by atoms with E-state index in [1.165, 1.54) is 19.3 Å². The summed E-state index contributed by atoms with van der Waals surface area (Å²) in [6, 6.07) is 1.86. The minimum Gasteiger partial charge on any atom is -0.280 e. The number of carbonyl (C=O) groups is 1. The van der Waals surface area contributed by atoms with Crippen molar-refractivity contribution in [1.82, 2.24) is 9.97 Å². The van der Waals surface area contributed by atoms with E-state index >= 15 is 0 Å². The van der Waals surface area contributed by atoms with E-state index < -0.39 is 0 Å². The zero-order chi connectivity index (χ0) is 12.6. The molecular weight excluding hydrogens is 226 g/mol. The molecule has 1 amide bonds. The molecule has 1 aromatic heterocycles. The zero-order valence-electron chi connectivity index (χ0n) is 10.9. The third-order valence-electron chi connectivity index (χ3n) is 4.35. The van der Waals surface area contributed by atoms with Gasteiger partial charge < -0.3 is 0 Å². The number of aryl methyl sites for hydroxylation is 1. The Morgan fingerprint density at radius 3 is 2.72 bits per heavy atom. The summed E-state index contributed by atoms with van der Waals surface area (Å²) >= 11 is 0. The minimum absolute atomic E-state index is 0.0919. The molecule has 0 radical (unpaired) electrons. The second-order valence-electron chi connectivity index (χ2n) is 5.55. The molecule has 1 spiro atoms. The highest BCUT2D eigenvalue weighted by Gasteiger charge is 2.47. The van der Waals surface area contributed by atoms with Crippen molar-refractivity contribution in [2.45, 2.75) is 45.4 Å². The van der Waals surface area contributed by atoms with Crippen LogP contribution in [0.15, 0.2) is 12.3 Å². The Hall–Kier alpha value is -1.45. The van der Waals surface area contributed by atoms with E-state index in [0.717, 1.165) is 31.5 Å². The van der Waals surface area contributed by atoms with Crippen LogP contribution >= 0.6 is 0 Å². The smallest absolute Gasteiger partial charge is 0.235 e. The van der Waals surface area contributed by atoms with Crippen molar-refractivity contribution >= 4 is 11.9 Å². The number of amides is 1. The summed E-state index contributed by atoms with van der Waals surface area (Å²) in [5, 5.41) is 0. The number of aromatic nitrogens is 2. The number of hydrogen-bond donors (Lipinski definition) is 0. The van der Waals surface area contributed by atoms with Gasteiger partial charge in [-0.15, -0.1) is 0 Å². The Labute approximate surface area is 107 Å². The number of hydrogen-bond acceptors (Lipinski definition) is 3. The van der Waals surface area contributed by atoms with Crippen LogP contribution in [0.1, 0.15) is 44.2 Å². The van der Waals surface area contributed by atoms with Gasteiger partial charge in [0.1, 0.15) is 0 Å². The highest BCUT2D eigenvalue weighted by molar-refractivity contribution is 5.98. The molecule has 1 aromatic rings. The van der Waals surface area contributed by atoms with E-state index in [2.05, 4.69) is 9.97 Å². The van der Waals surface area contributed by atoms with E-state index in [-0.39, 0.29) is 11.3 Å². The van der Waals surface area contributed by atoms with Crippen molar-refractivity contribution in [2.24, 2.45) is 5.41 Å². The molecule has 1 aliphatic carbocycles. The Morgan fingerprint density at radius 2 is 2.00 bits per heavy atom. The van der Waals surface area contributed by atoms with Gasteiger partial charge in [-0.1, -0.05) is 19.3 Å². The average molecular weight is 245 g/mol. The molecule has 0 unspecified atom stereocenters. The van der Waals surface area contributed by atoms with Crippen LogP contribution in [-0.4, -0.2) is 22.4 Å². The normalized spacial score (nSPS) is 22.7. The molecule has 0 bridgehead atoms. The van der Waals surface area contributed by atoms with E-state index in [1.807, 2.05) is 13.0 Å². The highest BCUT2D eigenvalue weighted by atomic mass is 16.2. The Morgan fingerprint density at radius 1 is 1.22 bits per heavy atom. The molecule has 3 rings (SSSR count). The lowest BCUT2D eigenvalue weighted by atomic mass is 9.73. The maximum atomic E-state index is 12.6. The molecule has 1 saturated carbocycles. The third kappa shape index (κ3) is 1.80. The van der Waals surface area contributed by atoms with Crippen molar-refractivity contribution in [2.75, 3.05) is 11.4 Å². The third-order valence-corrected chi connectivity index (χ3v) is 4.35. The molecule has 2 heterocycles. The zero-order valence-corrected chi connectivity index (χ0v) is 10.9. The molecule has 1 saturated heterocycles. The van der Waals surface area contributed by atoms with Crippen LogP contribution in [0.2, 0.25) is 0 Å². The summed E-state index contributed by atoms with van der Waals surface area (Å²) in [4.78, 5) is 23.1. The molecule has 2 aliphatic rings. The molecule has 0 aromatic carbocycles. The fraction of sp³-hybridized carbons (Fsp3) is 0.643. The van der Waals surface area contributed by atoms with Gasteiger partial charge in [-0.05, 0) is 32.3 Å². The molecule has 4 heteroatoms. The van der Waals surface area contributed by atoms with Gasteiger partial charge in [-0.2, -0.15) is 0 Å². The van der Waals surface area contributed by atoms with Gasteiger partial charge in [0.15, 0.2) is 0 Å². The summed E-state index contributed by atoms with van der Waals surface area (Å²) in [7, 11) is 0. The lowest BCUT2D eigenvalue weighted by Gasteiger charge is -2.31. The Balaban J connectivity index is 1.86. The quantitative estimate of drug-likeness (QED) is 0.763. The molecule has 4 nitrogen and oxygen atoms in total. The fourth-order valence-electron chi connectivity index (χ4n) is 3.27. The van der Waals surface area contributed by atoms with Crippen molar-refractivity contribution in [3.05, 3.63) is 18.0 Å². The number of anilines is 1. The topological polar surface area (TPSA) is 46.1 Å². The maximum Gasteiger partial charge on any atom is 0.235 e. The van der Waals surface area contributed by atoms with Gasteiger partial charge in [0.25, 0.3) is 0 Å². The number of carbonyl (C=O) groups excluding carboxylic acids is 1. The Kier molecular flexibility index (Phi) is 2.80. The van der Waals surface area contributed by atoms with Crippen molar-refractivity contribution in [3.63, 3.8) is 0 Å². The van der Waals surface area contributed by atoms with E-state index in [0.29, 0.717) is 5.95 Å². The molecule has 96 valence electrons. The first-order valence-corrected chi connectivity index (χ1v) is 6.83. The van der Waals surface area contributed by atoms with Crippen molar-refractivity contribution < 1.29 is 4.79 Å². The van der Waals surface area contributed by atoms with Crippen molar-refractivity contribution in [1.29, 1.82) is 0 Å². The van der Waals surface area contributed by atoms with Gasteiger partial charge in [0, 0.05) is 18.4 Å². The molecule has 0 atom stereocenters. The maximum absolute atomic E-state index is 12.6. The van der Waals surface area contributed by atoms with Gasteiger partial charge in [0.2, 0.25) is 11.9 Å². The Bertz CT molecular complexity index is 466. The van der Waals surface area contributed by atoms with Crippen molar-refractivity contribution in [3.8, 4) is 0 Å². The van der Waals surface area contributed by atoms with Gasteiger partial charge in [0.05, 0.1) is 5.41 Å². The SMILES string of the molecule is Cc1ccnc(N2CCC3(CCCCC3)C2=O)n1. The lowest BCUT2D eigenvalue weighted by molar-refractivity contribution is -0.127. The first-order valence-electron chi connectivity index (χ1n) is 6.83. The molecule has 1 aliphatic heterocycles. The monoisotopic (exact) mass is 245 g/mol. The summed E-state index contributed by atoms with van der Waals surface area (Å²) in [5.41, 5.74) is 0.822. The highest BCUT2D eigenvalue weighted by Crippen LogP contribution is 2.45. The minimum atomic E-state index is -0.0919. The van der Waals surface area contributed by atoms with Crippen LogP contribution in [0.4, 0.5) is 5.95 Å². The summed E-state index contributed by atoms with van der Waals surface area (Å²) < 4.78 is 0. The number of rotatable bonds is 1. The largest absolute Gasteiger partial charge is 0.280 e. The second kappa shape index (κ2) is 4.34. The van der Waals surface area contributed by atoms with Gasteiger partial charge >= 0.3 is 0 Å². The van der Waals surface area contributed by atoms with Crippen LogP contribution < -0.4 is 4.90 Å². The molecule has 18 heavy (non-hydrogen) atoms. The fourth-order valence-corrected chi connectivity index (χ4v) is 3.27. The first-order chi connectivity index (χ1) is 8.71. The summed E-state index contributed by atoms with van der Waals surface area (Å²) in [6.07, 6.45) is 8.46. The van der Waals surface area contributed by atoms with E-state index in [1.54, 1.807) is 11.1 Å². The van der Waals surface area contributed by atoms with Crippen LogP contribution in [0.25, 0.3) is 0 Å². The molecule has 2 fully saturated rings. The second-order valence-corrected chi connectivity index (χ2v) is 5.55. The summed E-state index contributed by atoms with van der Waals surface area (Å²) in [5.74, 6) is 0.843. The van der Waals surface area contributed by atoms with Gasteiger partial charge in [-0.3, -0.25) is 9.69 Å². The average Bonchev–Trinajstić information content (AvgIpc) is 2.68. The van der Waals surface area contributed by atoms with Crippen LogP contribution in [-0.2, 0) is 4.79 Å². The van der Waals surface area contributed by atoms with Crippen LogP contribution in [0, 0.1) is 12.3 Å². The van der Waals surface area contributed by atoms with Crippen LogP contribution in [0.5, 0.6) is 0 Å². The molecular formula is C14H19N3O.